The standard InChI is InChI=1S/C15H18N4/c1-3-19-11-15(10-18-19)12(2)17-9-14-6-4-5-13(7-14)8-16/h4-7,10-12,17H,3,9H2,1-2H3. The molecular formula is C15H18N4. The zero-order chi connectivity index (χ0) is 13.7. The van der Waals surface area contributed by atoms with Crippen LogP contribution in [0.2, 0.25) is 0 Å². The van der Waals surface area contributed by atoms with Crippen molar-refractivity contribution in [2.75, 3.05) is 0 Å². The van der Waals surface area contributed by atoms with Crippen molar-refractivity contribution in [1.29, 1.82) is 5.26 Å². The van der Waals surface area contributed by atoms with E-state index in [0.717, 1.165) is 18.7 Å². The molecule has 0 saturated heterocycles. The van der Waals surface area contributed by atoms with Crippen molar-refractivity contribution < 1.29 is 0 Å². The molecular weight excluding hydrogens is 236 g/mol. The molecule has 2 aromatic rings. The van der Waals surface area contributed by atoms with Gasteiger partial charge >= 0.3 is 0 Å². The Morgan fingerprint density at radius 1 is 1.47 bits per heavy atom. The Morgan fingerprint density at radius 2 is 2.32 bits per heavy atom. The van der Waals surface area contributed by atoms with Crippen LogP contribution >= 0.6 is 0 Å². The smallest absolute Gasteiger partial charge is 0.0991 e. The van der Waals surface area contributed by atoms with Crippen LogP contribution in [0.4, 0.5) is 0 Å². The van der Waals surface area contributed by atoms with Crippen molar-refractivity contribution in [1.82, 2.24) is 15.1 Å². The molecule has 1 N–H and O–H groups in total. The second-order valence-electron chi connectivity index (χ2n) is 4.54. The van der Waals surface area contributed by atoms with E-state index in [4.69, 9.17) is 5.26 Å². The summed E-state index contributed by atoms with van der Waals surface area (Å²) >= 11 is 0. The number of nitrogens with zero attached hydrogens (tertiary/aromatic N) is 3. The highest BCUT2D eigenvalue weighted by Crippen LogP contribution is 2.12. The van der Waals surface area contributed by atoms with Crippen molar-refractivity contribution in [3.8, 4) is 6.07 Å². The minimum Gasteiger partial charge on any atom is -0.306 e. The predicted molar refractivity (Wildman–Crippen MR) is 74.3 cm³/mol. The fourth-order valence-electron chi connectivity index (χ4n) is 1.92. The highest BCUT2D eigenvalue weighted by Gasteiger charge is 2.07. The molecule has 98 valence electrons. The number of nitrogens with one attached hydrogen (secondary N) is 1. The van der Waals surface area contributed by atoms with Crippen LogP contribution in [-0.4, -0.2) is 9.78 Å². The number of nitriles is 1. The molecule has 0 bridgehead atoms. The van der Waals surface area contributed by atoms with Gasteiger partial charge in [0.05, 0.1) is 17.8 Å². The zero-order valence-corrected chi connectivity index (χ0v) is 11.3. The average Bonchev–Trinajstić information content (AvgIpc) is 2.94. The van der Waals surface area contributed by atoms with E-state index in [9.17, 15) is 0 Å². The molecule has 0 aliphatic heterocycles. The number of hydrogen-bond donors (Lipinski definition) is 1. The normalized spacial score (nSPS) is 12.1. The second-order valence-corrected chi connectivity index (χ2v) is 4.54. The van der Waals surface area contributed by atoms with Crippen LogP contribution < -0.4 is 5.32 Å². The van der Waals surface area contributed by atoms with Gasteiger partial charge in [0.2, 0.25) is 0 Å². The van der Waals surface area contributed by atoms with Crippen molar-refractivity contribution in [2.24, 2.45) is 0 Å². The maximum Gasteiger partial charge on any atom is 0.0991 e. The van der Waals surface area contributed by atoms with Crippen molar-refractivity contribution >= 4 is 0 Å². The van der Waals surface area contributed by atoms with Gasteiger partial charge in [0.1, 0.15) is 0 Å². The summed E-state index contributed by atoms with van der Waals surface area (Å²) in [5.74, 6) is 0. The van der Waals surface area contributed by atoms with Crippen LogP contribution in [0.5, 0.6) is 0 Å². The number of rotatable bonds is 5. The number of hydrogen-bond acceptors (Lipinski definition) is 3. The van der Waals surface area contributed by atoms with E-state index in [-0.39, 0.29) is 6.04 Å². The summed E-state index contributed by atoms with van der Waals surface area (Å²) in [6, 6.07) is 10.1. The molecule has 0 fully saturated rings. The van der Waals surface area contributed by atoms with Gasteiger partial charge in [0.15, 0.2) is 0 Å². The Morgan fingerprint density at radius 3 is 3.00 bits per heavy atom. The predicted octanol–water partition coefficient (Wildman–Crippen LogP) is 2.63. The lowest BCUT2D eigenvalue weighted by Crippen LogP contribution is -2.17. The van der Waals surface area contributed by atoms with Crippen LogP contribution in [-0.2, 0) is 13.1 Å². The number of aromatic nitrogens is 2. The fraction of sp³-hybridized carbons (Fsp3) is 0.333. The van der Waals surface area contributed by atoms with E-state index in [0.29, 0.717) is 5.56 Å². The molecule has 1 unspecified atom stereocenters. The van der Waals surface area contributed by atoms with E-state index in [2.05, 4.69) is 36.5 Å². The highest BCUT2D eigenvalue weighted by molar-refractivity contribution is 5.32. The molecule has 0 aliphatic carbocycles. The summed E-state index contributed by atoms with van der Waals surface area (Å²) in [4.78, 5) is 0. The third-order valence-electron chi connectivity index (χ3n) is 3.15. The molecule has 1 atom stereocenters. The van der Waals surface area contributed by atoms with Gasteiger partial charge in [-0.25, -0.2) is 0 Å². The molecule has 19 heavy (non-hydrogen) atoms. The third kappa shape index (κ3) is 3.43. The molecule has 0 saturated carbocycles. The number of benzene rings is 1. The van der Waals surface area contributed by atoms with Crippen LogP contribution in [0.1, 0.15) is 36.6 Å². The molecule has 0 spiro atoms. The van der Waals surface area contributed by atoms with E-state index in [1.165, 1.54) is 5.56 Å². The molecule has 0 amide bonds. The topological polar surface area (TPSA) is 53.6 Å². The monoisotopic (exact) mass is 254 g/mol. The second kappa shape index (κ2) is 6.17. The molecule has 1 aromatic heterocycles. The molecule has 2 rings (SSSR count). The fourth-order valence-corrected chi connectivity index (χ4v) is 1.92. The summed E-state index contributed by atoms with van der Waals surface area (Å²) in [6.45, 7) is 5.82. The Kier molecular flexibility index (Phi) is 4.32. The third-order valence-corrected chi connectivity index (χ3v) is 3.15. The molecule has 0 aliphatic rings. The van der Waals surface area contributed by atoms with E-state index >= 15 is 0 Å². The lowest BCUT2D eigenvalue weighted by molar-refractivity contribution is 0.573. The van der Waals surface area contributed by atoms with Gasteiger partial charge < -0.3 is 5.32 Å². The molecule has 4 heteroatoms. The first-order valence-corrected chi connectivity index (χ1v) is 6.47. The molecule has 1 heterocycles. The first kappa shape index (κ1) is 13.3. The first-order chi connectivity index (χ1) is 9.22. The van der Waals surface area contributed by atoms with E-state index < -0.39 is 0 Å². The van der Waals surface area contributed by atoms with Gasteiger partial charge in [-0.15, -0.1) is 0 Å². The van der Waals surface area contributed by atoms with Crippen molar-refractivity contribution in [3.05, 3.63) is 53.3 Å². The molecule has 0 radical (unpaired) electrons. The summed E-state index contributed by atoms with van der Waals surface area (Å²) < 4.78 is 1.92. The van der Waals surface area contributed by atoms with Crippen LogP contribution in [0.3, 0.4) is 0 Å². The van der Waals surface area contributed by atoms with Crippen LogP contribution in [0.25, 0.3) is 0 Å². The van der Waals surface area contributed by atoms with Gasteiger partial charge in [-0.05, 0) is 31.5 Å². The Balaban J connectivity index is 1.96. The van der Waals surface area contributed by atoms with Gasteiger partial charge in [-0.1, -0.05) is 12.1 Å². The average molecular weight is 254 g/mol. The van der Waals surface area contributed by atoms with Crippen LogP contribution in [0.15, 0.2) is 36.7 Å². The van der Waals surface area contributed by atoms with E-state index in [1.807, 2.05) is 35.1 Å². The first-order valence-electron chi connectivity index (χ1n) is 6.47. The van der Waals surface area contributed by atoms with Crippen molar-refractivity contribution in [3.63, 3.8) is 0 Å². The molecule has 1 aromatic carbocycles. The lowest BCUT2D eigenvalue weighted by atomic mass is 10.1. The SMILES string of the molecule is CCn1cc(C(C)NCc2cccc(C#N)c2)cn1. The minimum absolute atomic E-state index is 0.242. The van der Waals surface area contributed by atoms with Gasteiger partial charge in [-0.2, -0.15) is 10.4 Å². The minimum atomic E-state index is 0.242. The Bertz CT molecular complexity index is 580. The van der Waals surface area contributed by atoms with Crippen LogP contribution in [0, 0.1) is 11.3 Å². The summed E-state index contributed by atoms with van der Waals surface area (Å²) in [7, 11) is 0. The summed E-state index contributed by atoms with van der Waals surface area (Å²) in [6.07, 6.45) is 3.95. The van der Waals surface area contributed by atoms with Crippen molar-refractivity contribution in [2.45, 2.75) is 33.0 Å². The van der Waals surface area contributed by atoms with Gasteiger partial charge in [0, 0.05) is 30.9 Å². The van der Waals surface area contributed by atoms with E-state index in [1.54, 1.807) is 0 Å². The maximum atomic E-state index is 8.87. The maximum absolute atomic E-state index is 8.87. The summed E-state index contributed by atoms with van der Waals surface area (Å²) in [5.41, 5.74) is 3.00. The lowest BCUT2D eigenvalue weighted by Gasteiger charge is -2.12. The summed E-state index contributed by atoms with van der Waals surface area (Å²) in [5, 5.41) is 16.6. The van der Waals surface area contributed by atoms with Gasteiger partial charge in [0.25, 0.3) is 0 Å². The number of aryl methyl sites for hydroxylation is 1. The largest absolute Gasteiger partial charge is 0.306 e. The van der Waals surface area contributed by atoms with Gasteiger partial charge in [-0.3, -0.25) is 4.68 Å². The Labute approximate surface area is 113 Å². The highest BCUT2D eigenvalue weighted by atomic mass is 15.3. The Hall–Kier alpha value is -2.12. The zero-order valence-electron chi connectivity index (χ0n) is 11.3. The molecule has 4 nitrogen and oxygen atoms in total. The quantitative estimate of drug-likeness (QED) is 0.892.